The second-order valence-electron chi connectivity index (χ2n) is 4.73. The van der Waals surface area contributed by atoms with Crippen LogP contribution in [0.4, 0.5) is 5.69 Å². The van der Waals surface area contributed by atoms with Crippen molar-refractivity contribution in [2.75, 3.05) is 18.6 Å². The highest BCUT2D eigenvalue weighted by molar-refractivity contribution is 7.85. The van der Waals surface area contributed by atoms with E-state index in [0.717, 1.165) is 11.3 Å². The molecule has 2 aromatic rings. The van der Waals surface area contributed by atoms with Gasteiger partial charge in [0.1, 0.15) is 4.90 Å². The van der Waals surface area contributed by atoms with E-state index in [1.54, 1.807) is 36.5 Å². The molecule has 0 radical (unpaired) electrons. The number of benzene rings is 2. The molecule has 102 valence electrons. The van der Waals surface area contributed by atoms with Crippen molar-refractivity contribution in [3.05, 3.63) is 60.2 Å². The van der Waals surface area contributed by atoms with Gasteiger partial charge in [0.25, 0.3) is 0 Å². The predicted molar refractivity (Wildman–Crippen MR) is 78.8 cm³/mol. The van der Waals surface area contributed by atoms with Gasteiger partial charge in [-0.2, -0.15) is 8.42 Å². The average molecular weight is 287 g/mol. The normalized spacial score (nSPS) is 14.7. The first kappa shape index (κ1) is 12.9. The molecule has 0 saturated heterocycles. The summed E-state index contributed by atoms with van der Waals surface area (Å²) in [6.45, 7) is 0.314. The molecular weight excluding hydrogens is 272 g/mol. The maximum absolute atomic E-state index is 12.6. The molecule has 0 N–H and O–H groups in total. The Kier molecular flexibility index (Phi) is 3.06. The molecule has 20 heavy (non-hydrogen) atoms. The molecular formula is C15H15N2O2S+. The minimum Gasteiger partial charge on any atom is -0.318 e. The monoisotopic (exact) mass is 287 g/mol. The van der Waals surface area contributed by atoms with Gasteiger partial charge in [-0.3, -0.25) is 0 Å². The zero-order chi connectivity index (χ0) is 14.2. The fourth-order valence-corrected chi connectivity index (χ4v) is 3.65. The maximum Gasteiger partial charge on any atom is 0.396 e. The highest BCUT2D eigenvalue weighted by Gasteiger charge is 2.31. The number of rotatable bonds is 2. The van der Waals surface area contributed by atoms with Crippen LogP contribution in [0.1, 0.15) is 5.56 Å². The minimum atomic E-state index is -3.50. The zero-order valence-corrected chi connectivity index (χ0v) is 11.9. The van der Waals surface area contributed by atoms with Gasteiger partial charge in [0.15, 0.2) is 6.21 Å². The highest BCUT2D eigenvalue weighted by atomic mass is 32.2. The summed E-state index contributed by atoms with van der Waals surface area (Å²) >= 11 is 0. The zero-order valence-electron chi connectivity index (χ0n) is 11.1. The highest BCUT2D eigenvalue weighted by Crippen LogP contribution is 2.22. The fourth-order valence-electron chi connectivity index (χ4n) is 2.30. The molecule has 0 aromatic heterocycles. The van der Waals surface area contributed by atoms with Crippen molar-refractivity contribution in [3.8, 4) is 0 Å². The largest absolute Gasteiger partial charge is 0.396 e. The Hall–Kier alpha value is -2.14. The Morgan fingerprint density at radius 1 is 1.00 bits per heavy atom. The van der Waals surface area contributed by atoms with Gasteiger partial charge in [-0.05, 0) is 24.3 Å². The Morgan fingerprint density at radius 2 is 1.65 bits per heavy atom. The fraction of sp³-hybridized carbons (Fsp3) is 0.133. The van der Waals surface area contributed by atoms with Crippen molar-refractivity contribution in [3.63, 3.8) is 0 Å². The first-order valence-electron chi connectivity index (χ1n) is 6.31. The van der Waals surface area contributed by atoms with E-state index in [0.29, 0.717) is 11.6 Å². The summed E-state index contributed by atoms with van der Waals surface area (Å²) in [5, 5.41) is 0. The average Bonchev–Trinajstić information content (AvgIpc) is 2.48. The lowest BCUT2D eigenvalue weighted by atomic mass is 10.1. The molecule has 5 heteroatoms. The number of para-hydroxylation sites is 1. The number of hydrogen-bond acceptors (Lipinski definition) is 3. The van der Waals surface area contributed by atoms with Crippen molar-refractivity contribution >= 4 is 21.9 Å². The first-order chi connectivity index (χ1) is 9.59. The van der Waals surface area contributed by atoms with Crippen LogP contribution in [0.3, 0.4) is 0 Å². The third-order valence-corrected chi connectivity index (χ3v) is 5.04. The molecule has 2 aromatic carbocycles. The standard InChI is InChI=1S/C15H15N2O2S/c1-16-12-17(11-13-7-5-6-10-15(13)16)20(18,19)14-8-3-2-4-9-14/h2-11H,12H2,1H3/q+1. The van der Waals surface area contributed by atoms with Crippen LogP contribution < -0.4 is 4.90 Å². The van der Waals surface area contributed by atoms with E-state index < -0.39 is 10.0 Å². The minimum absolute atomic E-state index is 0.309. The number of anilines is 1. The van der Waals surface area contributed by atoms with Crippen LogP contribution in [0.15, 0.2) is 59.5 Å². The second-order valence-corrected chi connectivity index (χ2v) is 6.62. The van der Waals surface area contributed by atoms with Crippen molar-refractivity contribution in [2.45, 2.75) is 4.90 Å². The summed E-state index contributed by atoms with van der Waals surface area (Å²) in [5.41, 5.74) is 1.94. The number of sulfonamides is 1. The number of hydrogen-bond donors (Lipinski definition) is 0. The van der Waals surface area contributed by atoms with Crippen LogP contribution in [-0.2, 0) is 10.0 Å². The SMILES string of the molecule is CN1C[N+](S(=O)(=O)c2ccccc2)=Cc2ccccc21. The molecule has 0 atom stereocenters. The molecule has 0 saturated carbocycles. The van der Waals surface area contributed by atoms with Gasteiger partial charge in [0.2, 0.25) is 6.67 Å². The van der Waals surface area contributed by atoms with Crippen LogP contribution in [0.5, 0.6) is 0 Å². The summed E-state index contributed by atoms with van der Waals surface area (Å²) in [7, 11) is -1.61. The topological polar surface area (TPSA) is 40.4 Å². The van der Waals surface area contributed by atoms with E-state index in [2.05, 4.69) is 0 Å². The smallest absolute Gasteiger partial charge is 0.318 e. The quantitative estimate of drug-likeness (QED) is 0.792. The van der Waals surface area contributed by atoms with Gasteiger partial charge in [-0.1, -0.05) is 34.3 Å². The van der Waals surface area contributed by atoms with E-state index in [9.17, 15) is 8.42 Å². The van der Waals surface area contributed by atoms with Crippen LogP contribution >= 0.6 is 0 Å². The summed E-state index contributed by atoms with van der Waals surface area (Å²) in [5.74, 6) is 0. The van der Waals surface area contributed by atoms with Crippen molar-refractivity contribution in [1.82, 2.24) is 0 Å². The number of nitrogens with zero attached hydrogens (tertiary/aromatic N) is 2. The van der Waals surface area contributed by atoms with Crippen molar-refractivity contribution in [1.29, 1.82) is 0 Å². The summed E-state index contributed by atoms with van der Waals surface area (Å²) in [4.78, 5) is 2.24. The lowest BCUT2D eigenvalue weighted by molar-refractivity contribution is -0.360. The molecule has 3 rings (SSSR count). The Morgan fingerprint density at radius 3 is 2.40 bits per heavy atom. The summed E-state index contributed by atoms with van der Waals surface area (Å²) in [6, 6.07) is 16.2. The van der Waals surface area contributed by atoms with E-state index >= 15 is 0 Å². The molecule has 0 amide bonds. The van der Waals surface area contributed by atoms with Crippen LogP contribution in [-0.4, -0.2) is 32.3 Å². The van der Waals surface area contributed by atoms with Gasteiger partial charge in [0.05, 0.1) is 11.3 Å². The third-order valence-electron chi connectivity index (χ3n) is 3.33. The van der Waals surface area contributed by atoms with Gasteiger partial charge in [-0.15, -0.1) is 0 Å². The molecule has 1 heterocycles. The molecule has 1 aliphatic heterocycles. The van der Waals surface area contributed by atoms with Gasteiger partial charge in [-0.25, -0.2) is 0 Å². The van der Waals surface area contributed by atoms with Crippen molar-refractivity contribution < 1.29 is 12.4 Å². The maximum atomic E-state index is 12.6. The molecule has 0 bridgehead atoms. The molecule has 4 nitrogen and oxygen atoms in total. The van der Waals surface area contributed by atoms with E-state index in [4.69, 9.17) is 0 Å². The third kappa shape index (κ3) is 2.10. The first-order valence-corrected chi connectivity index (χ1v) is 7.75. The molecule has 0 unspecified atom stereocenters. The second kappa shape index (κ2) is 4.76. The molecule has 0 spiro atoms. The van der Waals surface area contributed by atoms with Gasteiger partial charge >= 0.3 is 10.0 Å². The molecule has 1 aliphatic rings. The molecule has 0 fully saturated rings. The summed E-state index contributed by atoms with van der Waals surface area (Å²) in [6.07, 6.45) is 1.69. The Bertz CT molecular complexity index is 767. The summed E-state index contributed by atoms with van der Waals surface area (Å²) < 4.78 is 26.6. The van der Waals surface area contributed by atoms with Crippen LogP contribution in [0.25, 0.3) is 0 Å². The Labute approximate surface area is 118 Å². The van der Waals surface area contributed by atoms with Crippen molar-refractivity contribution in [2.24, 2.45) is 0 Å². The van der Waals surface area contributed by atoms with Gasteiger partial charge < -0.3 is 4.90 Å². The molecule has 0 aliphatic carbocycles. The lowest BCUT2D eigenvalue weighted by Gasteiger charge is -2.22. The van der Waals surface area contributed by atoms with Crippen LogP contribution in [0, 0.1) is 0 Å². The van der Waals surface area contributed by atoms with E-state index in [-0.39, 0.29) is 0 Å². The lowest BCUT2D eigenvalue weighted by Crippen LogP contribution is -2.37. The van der Waals surface area contributed by atoms with E-state index in [1.165, 1.54) is 3.98 Å². The van der Waals surface area contributed by atoms with Crippen LogP contribution in [0.2, 0.25) is 0 Å². The van der Waals surface area contributed by atoms with E-state index in [1.807, 2.05) is 36.2 Å². The van der Waals surface area contributed by atoms with Gasteiger partial charge in [0, 0.05) is 7.05 Å². The Balaban J connectivity index is 2.11. The predicted octanol–water partition coefficient (Wildman–Crippen LogP) is 1.91. The number of fused-ring (bicyclic) bond motifs is 1.